The molecule has 100 valence electrons. The van der Waals surface area contributed by atoms with Gasteiger partial charge in [-0.05, 0) is 31.8 Å². The average Bonchev–Trinajstić information content (AvgIpc) is 3.17. The standard InChI is InChI=1S/C15H22O3/c1-14-15(10-16-15)8-7-12(17-14)9-13(18-14)11-5-3-2-4-6-11/h7-8,11-13H,2-6,9-10H2,1H3/t12-,13+,14-,15-/m1/s1. The van der Waals surface area contributed by atoms with Gasteiger partial charge in [0, 0.05) is 6.42 Å². The second-order valence-electron chi connectivity index (χ2n) is 6.43. The number of epoxide rings is 1. The first-order chi connectivity index (χ1) is 8.71. The Kier molecular flexibility index (Phi) is 2.42. The van der Waals surface area contributed by atoms with Crippen LogP contribution >= 0.6 is 0 Å². The molecule has 3 aliphatic heterocycles. The summed E-state index contributed by atoms with van der Waals surface area (Å²) in [6.45, 7) is 2.80. The highest BCUT2D eigenvalue weighted by Crippen LogP contribution is 2.51. The van der Waals surface area contributed by atoms with Crippen molar-refractivity contribution in [1.82, 2.24) is 0 Å². The maximum atomic E-state index is 6.36. The number of hydrogen-bond donors (Lipinski definition) is 0. The molecular weight excluding hydrogens is 228 g/mol. The van der Waals surface area contributed by atoms with Crippen molar-refractivity contribution in [2.75, 3.05) is 6.61 Å². The van der Waals surface area contributed by atoms with E-state index in [2.05, 4.69) is 19.1 Å². The summed E-state index contributed by atoms with van der Waals surface area (Å²) in [5.74, 6) is 0.180. The van der Waals surface area contributed by atoms with Crippen LogP contribution in [0.3, 0.4) is 0 Å². The molecule has 18 heavy (non-hydrogen) atoms. The van der Waals surface area contributed by atoms with Crippen LogP contribution in [0.5, 0.6) is 0 Å². The van der Waals surface area contributed by atoms with E-state index in [9.17, 15) is 0 Å². The van der Waals surface area contributed by atoms with Crippen molar-refractivity contribution in [3.05, 3.63) is 12.2 Å². The highest BCUT2D eigenvalue weighted by Gasteiger charge is 2.64. The molecular formula is C15H22O3. The van der Waals surface area contributed by atoms with E-state index >= 15 is 0 Å². The van der Waals surface area contributed by atoms with Crippen LogP contribution in [0.1, 0.15) is 45.4 Å². The molecule has 0 unspecified atom stereocenters. The zero-order chi connectivity index (χ0) is 12.2. The zero-order valence-corrected chi connectivity index (χ0v) is 11.1. The summed E-state index contributed by atoms with van der Waals surface area (Å²) < 4.78 is 18.1. The molecule has 3 fully saturated rings. The van der Waals surface area contributed by atoms with Gasteiger partial charge in [-0.15, -0.1) is 0 Å². The Labute approximate surface area is 108 Å². The number of rotatable bonds is 1. The lowest BCUT2D eigenvalue weighted by Gasteiger charge is -2.49. The van der Waals surface area contributed by atoms with Crippen molar-refractivity contribution in [3.63, 3.8) is 0 Å². The fourth-order valence-corrected chi connectivity index (χ4v) is 3.89. The zero-order valence-electron chi connectivity index (χ0n) is 11.1. The van der Waals surface area contributed by atoms with Gasteiger partial charge in [-0.1, -0.05) is 25.3 Å². The van der Waals surface area contributed by atoms with Crippen molar-refractivity contribution >= 4 is 0 Å². The van der Waals surface area contributed by atoms with Gasteiger partial charge in [-0.25, -0.2) is 0 Å². The van der Waals surface area contributed by atoms with Crippen molar-refractivity contribution in [1.29, 1.82) is 0 Å². The topological polar surface area (TPSA) is 31.0 Å². The monoisotopic (exact) mass is 250 g/mol. The summed E-state index contributed by atoms with van der Waals surface area (Å²) in [5, 5.41) is 0. The number of hydrogen-bond acceptors (Lipinski definition) is 3. The lowest BCUT2D eigenvalue weighted by molar-refractivity contribution is -0.333. The molecule has 0 aromatic heterocycles. The summed E-state index contributed by atoms with van der Waals surface area (Å²) in [7, 11) is 0. The summed E-state index contributed by atoms with van der Waals surface area (Å²) in [4.78, 5) is 0. The highest BCUT2D eigenvalue weighted by atomic mass is 16.8. The van der Waals surface area contributed by atoms with E-state index in [1.54, 1.807) is 0 Å². The van der Waals surface area contributed by atoms with Gasteiger partial charge >= 0.3 is 0 Å². The summed E-state index contributed by atoms with van der Waals surface area (Å²) in [6, 6.07) is 0. The molecule has 0 aromatic carbocycles. The van der Waals surface area contributed by atoms with Gasteiger partial charge < -0.3 is 14.2 Å². The van der Waals surface area contributed by atoms with Gasteiger partial charge in [0.25, 0.3) is 0 Å². The molecule has 3 heteroatoms. The van der Waals surface area contributed by atoms with Crippen molar-refractivity contribution in [2.45, 2.75) is 69.0 Å². The van der Waals surface area contributed by atoms with E-state index in [1.165, 1.54) is 32.1 Å². The van der Waals surface area contributed by atoms with Gasteiger partial charge in [0.05, 0.1) is 18.8 Å². The lowest BCUT2D eigenvalue weighted by Crippen LogP contribution is -2.58. The third-order valence-electron chi connectivity index (χ3n) is 5.20. The fraction of sp³-hybridized carbons (Fsp3) is 0.867. The smallest absolute Gasteiger partial charge is 0.201 e. The van der Waals surface area contributed by atoms with Gasteiger partial charge in [-0.3, -0.25) is 0 Å². The largest absolute Gasteiger partial charge is 0.359 e. The first-order valence-corrected chi connectivity index (χ1v) is 7.40. The molecule has 3 nitrogen and oxygen atoms in total. The van der Waals surface area contributed by atoms with Crippen LogP contribution in [0, 0.1) is 5.92 Å². The number of fused-ring (bicyclic) bond motifs is 3. The molecule has 2 saturated heterocycles. The van der Waals surface area contributed by atoms with E-state index in [0.717, 1.165) is 18.9 Å². The Hall–Kier alpha value is -0.380. The van der Waals surface area contributed by atoms with Crippen molar-refractivity contribution in [3.8, 4) is 0 Å². The molecule has 1 spiro atoms. The summed E-state index contributed by atoms with van der Waals surface area (Å²) >= 11 is 0. The van der Waals surface area contributed by atoms with E-state index in [0.29, 0.717) is 6.10 Å². The molecule has 0 amide bonds. The molecule has 4 rings (SSSR count). The van der Waals surface area contributed by atoms with E-state index < -0.39 is 5.79 Å². The minimum atomic E-state index is -0.549. The van der Waals surface area contributed by atoms with Crippen LogP contribution in [0.4, 0.5) is 0 Å². The molecule has 4 atom stereocenters. The van der Waals surface area contributed by atoms with Crippen LogP contribution in [0.2, 0.25) is 0 Å². The maximum absolute atomic E-state index is 6.36. The number of ether oxygens (including phenoxy) is 3. The Morgan fingerprint density at radius 2 is 1.89 bits per heavy atom. The highest BCUT2D eigenvalue weighted by molar-refractivity contribution is 5.23. The molecule has 1 saturated carbocycles. The lowest BCUT2D eigenvalue weighted by atomic mass is 9.81. The van der Waals surface area contributed by atoms with Gasteiger partial charge in [0.2, 0.25) is 5.79 Å². The van der Waals surface area contributed by atoms with Crippen molar-refractivity contribution in [2.24, 2.45) is 5.92 Å². The third kappa shape index (κ3) is 1.60. The minimum Gasteiger partial charge on any atom is -0.359 e. The van der Waals surface area contributed by atoms with E-state index in [1.807, 2.05) is 0 Å². The van der Waals surface area contributed by atoms with Crippen molar-refractivity contribution < 1.29 is 14.2 Å². The Balaban J connectivity index is 1.57. The van der Waals surface area contributed by atoms with Gasteiger partial charge in [0.1, 0.15) is 0 Å². The van der Waals surface area contributed by atoms with Gasteiger partial charge in [0.15, 0.2) is 5.60 Å². The first-order valence-electron chi connectivity index (χ1n) is 7.40. The average molecular weight is 250 g/mol. The molecule has 0 N–H and O–H groups in total. The predicted octanol–water partition coefficient (Wildman–Crippen LogP) is 2.80. The Morgan fingerprint density at radius 3 is 2.61 bits per heavy atom. The second-order valence-corrected chi connectivity index (χ2v) is 6.43. The molecule has 0 radical (unpaired) electrons. The first kappa shape index (κ1) is 11.4. The van der Waals surface area contributed by atoms with Crippen LogP contribution < -0.4 is 0 Å². The fourth-order valence-electron chi connectivity index (χ4n) is 3.89. The van der Waals surface area contributed by atoms with Crippen LogP contribution in [-0.2, 0) is 14.2 Å². The van der Waals surface area contributed by atoms with Crippen LogP contribution in [0.25, 0.3) is 0 Å². The maximum Gasteiger partial charge on any atom is 0.201 e. The Bertz CT molecular complexity index is 368. The minimum absolute atomic E-state index is 0.227. The SMILES string of the molecule is C[C@]12O[C@H](C=C[C@@]13CO3)C[C@@H](C1CCCCC1)O2. The van der Waals surface area contributed by atoms with Crippen LogP contribution in [0.15, 0.2) is 12.2 Å². The summed E-state index contributed by atoms with van der Waals surface area (Å²) in [5.41, 5.74) is -0.281. The van der Waals surface area contributed by atoms with E-state index in [4.69, 9.17) is 14.2 Å². The van der Waals surface area contributed by atoms with Gasteiger partial charge in [-0.2, -0.15) is 0 Å². The quantitative estimate of drug-likeness (QED) is 0.529. The summed E-state index contributed by atoms with van der Waals surface area (Å²) in [6.07, 6.45) is 12.7. The molecule has 0 aromatic rings. The normalized spacial score (nSPS) is 51.6. The third-order valence-corrected chi connectivity index (χ3v) is 5.20. The predicted molar refractivity (Wildman–Crippen MR) is 67.2 cm³/mol. The molecule has 4 aliphatic rings. The molecule has 1 aliphatic carbocycles. The van der Waals surface area contributed by atoms with E-state index in [-0.39, 0.29) is 11.7 Å². The Morgan fingerprint density at radius 1 is 1.11 bits per heavy atom. The second kappa shape index (κ2) is 3.81. The molecule has 2 bridgehead atoms. The van der Waals surface area contributed by atoms with Crippen LogP contribution in [-0.4, -0.2) is 30.2 Å². The molecule has 3 heterocycles.